The number of carboxylic acids is 1. The van der Waals surface area contributed by atoms with Gasteiger partial charge in [-0.05, 0) is 17.7 Å². The minimum atomic E-state index is -0.988. The van der Waals surface area contributed by atoms with E-state index < -0.39 is 12.0 Å². The second kappa shape index (κ2) is 3.66. The number of hydrogen-bond acceptors (Lipinski definition) is 4. The summed E-state index contributed by atoms with van der Waals surface area (Å²) in [5, 5.41) is 17.6. The summed E-state index contributed by atoms with van der Waals surface area (Å²) in [6.45, 7) is 0. The fourth-order valence-corrected chi connectivity index (χ4v) is 1.70. The molecule has 1 unspecified atom stereocenters. The van der Waals surface area contributed by atoms with Gasteiger partial charge in [-0.25, -0.2) is 4.79 Å². The molecule has 1 aromatic rings. The van der Waals surface area contributed by atoms with Crippen molar-refractivity contribution in [3.05, 3.63) is 34.9 Å². The van der Waals surface area contributed by atoms with Gasteiger partial charge in [-0.3, -0.25) is 4.99 Å². The first kappa shape index (κ1) is 10.2. The molecule has 0 fully saturated rings. The summed E-state index contributed by atoms with van der Waals surface area (Å²) in [5.74, 6) is -0.802. The first-order valence-corrected chi connectivity index (χ1v) is 4.71. The van der Waals surface area contributed by atoms with Gasteiger partial charge in [0.05, 0.1) is 11.6 Å². The fraction of sp³-hybridized carbons (Fsp3) is 0.182. The largest absolute Gasteiger partial charge is 0.480 e. The van der Waals surface area contributed by atoms with Crippen molar-refractivity contribution in [3.63, 3.8) is 0 Å². The van der Waals surface area contributed by atoms with Crippen molar-refractivity contribution in [1.82, 2.24) is 0 Å². The van der Waals surface area contributed by atoms with Crippen molar-refractivity contribution >= 4 is 11.8 Å². The van der Waals surface area contributed by atoms with Crippen LogP contribution in [-0.2, 0) is 11.2 Å². The van der Waals surface area contributed by atoms with Crippen LogP contribution in [0.2, 0.25) is 0 Å². The van der Waals surface area contributed by atoms with Crippen molar-refractivity contribution < 1.29 is 9.90 Å². The monoisotopic (exact) mass is 215 g/mol. The number of nitrogens with two attached hydrogens (primary N) is 1. The highest BCUT2D eigenvalue weighted by Gasteiger charge is 2.24. The maximum Gasteiger partial charge on any atom is 0.328 e. The number of benzene rings is 1. The molecule has 0 aliphatic carbocycles. The Bertz CT molecular complexity index is 529. The molecule has 0 saturated carbocycles. The lowest BCUT2D eigenvalue weighted by molar-refractivity contribution is -0.138. The smallest absolute Gasteiger partial charge is 0.328 e. The second-order valence-electron chi connectivity index (χ2n) is 3.56. The van der Waals surface area contributed by atoms with Crippen LogP contribution in [0, 0.1) is 11.3 Å². The van der Waals surface area contributed by atoms with Gasteiger partial charge in [-0.15, -0.1) is 0 Å². The first-order chi connectivity index (χ1) is 7.61. The molecule has 1 aliphatic heterocycles. The normalized spacial score (nSPS) is 18.2. The third kappa shape index (κ3) is 1.61. The van der Waals surface area contributed by atoms with Crippen LogP contribution in [0.3, 0.4) is 0 Å². The van der Waals surface area contributed by atoms with Crippen LogP contribution >= 0.6 is 0 Å². The molecule has 1 atom stereocenters. The van der Waals surface area contributed by atoms with Gasteiger partial charge < -0.3 is 10.8 Å². The maximum atomic E-state index is 10.8. The molecule has 0 amide bonds. The summed E-state index contributed by atoms with van der Waals surface area (Å²) in [7, 11) is 0. The van der Waals surface area contributed by atoms with Crippen LogP contribution in [0.1, 0.15) is 16.7 Å². The number of fused-ring (bicyclic) bond motifs is 1. The summed E-state index contributed by atoms with van der Waals surface area (Å²) in [6, 6.07) is 6.19. The van der Waals surface area contributed by atoms with E-state index in [1.165, 1.54) is 0 Å². The van der Waals surface area contributed by atoms with E-state index in [1.54, 1.807) is 18.2 Å². The van der Waals surface area contributed by atoms with Crippen molar-refractivity contribution in [3.8, 4) is 6.07 Å². The zero-order valence-corrected chi connectivity index (χ0v) is 8.34. The third-order valence-electron chi connectivity index (χ3n) is 2.51. The summed E-state index contributed by atoms with van der Waals surface area (Å²) in [6.07, 6.45) is 0.317. The van der Waals surface area contributed by atoms with E-state index in [-0.39, 0.29) is 5.84 Å². The Morgan fingerprint density at radius 1 is 1.62 bits per heavy atom. The van der Waals surface area contributed by atoms with Gasteiger partial charge in [0.2, 0.25) is 0 Å². The van der Waals surface area contributed by atoms with Crippen LogP contribution in [0.15, 0.2) is 23.2 Å². The highest BCUT2D eigenvalue weighted by Crippen LogP contribution is 2.19. The Kier molecular flexibility index (Phi) is 2.33. The first-order valence-electron chi connectivity index (χ1n) is 4.71. The Labute approximate surface area is 91.8 Å². The number of carbonyl (C=O) groups is 1. The SMILES string of the molecule is N#Cc1ccc2c(c1)C(N)=NC(C(=O)O)C2. The molecule has 0 aromatic heterocycles. The van der Waals surface area contributed by atoms with E-state index in [2.05, 4.69) is 4.99 Å². The molecule has 80 valence electrons. The molecule has 1 aromatic carbocycles. The molecular formula is C11H9N3O2. The Morgan fingerprint density at radius 3 is 3.00 bits per heavy atom. The summed E-state index contributed by atoms with van der Waals surface area (Å²) in [5.41, 5.74) is 7.65. The number of aliphatic imine (C=N–C) groups is 1. The van der Waals surface area contributed by atoms with Gasteiger partial charge in [0, 0.05) is 12.0 Å². The molecule has 1 heterocycles. The molecule has 0 saturated heterocycles. The van der Waals surface area contributed by atoms with Crippen LogP contribution in [-0.4, -0.2) is 23.0 Å². The lowest BCUT2D eigenvalue weighted by Crippen LogP contribution is -2.31. The molecular weight excluding hydrogens is 206 g/mol. The van der Waals surface area contributed by atoms with E-state index in [1.807, 2.05) is 6.07 Å². The number of carboxylic acid groups (broad SMARTS) is 1. The number of amidine groups is 1. The molecule has 1 aliphatic rings. The number of nitrogens with zero attached hydrogens (tertiary/aromatic N) is 2. The molecule has 0 bridgehead atoms. The summed E-state index contributed by atoms with van der Waals surface area (Å²) in [4.78, 5) is 14.7. The number of rotatable bonds is 1. The van der Waals surface area contributed by atoms with Crippen molar-refractivity contribution in [1.29, 1.82) is 5.26 Å². The summed E-state index contributed by atoms with van der Waals surface area (Å²) < 4.78 is 0. The van der Waals surface area contributed by atoms with E-state index in [0.717, 1.165) is 5.56 Å². The highest BCUT2D eigenvalue weighted by molar-refractivity contribution is 6.01. The van der Waals surface area contributed by atoms with E-state index in [4.69, 9.17) is 16.1 Å². The van der Waals surface area contributed by atoms with Gasteiger partial charge in [0.15, 0.2) is 6.04 Å². The van der Waals surface area contributed by atoms with Gasteiger partial charge in [0.1, 0.15) is 5.84 Å². The zero-order valence-electron chi connectivity index (χ0n) is 8.34. The van der Waals surface area contributed by atoms with E-state index >= 15 is 0 Å². The average molecular weight is 215 g/mol. The predicted octanol–water partition coefficient (Wildman–Crippen LogP) is 0.273. The lowest BCUT2D eigenvalue weighted by atomic mass is 9.95. The van der Waals surface area contributed by atoms with Crippen LogP contribution in [0.5, 0.6) is 0 Å². The Balaban J connectivity index is 2.48. The van der Waals surface area contributed by atoms with Crippen LogP contribution < -0.4 is 5.73 Å². The molecule has 5 nitrogen and oxygen atoms in total. The van der Waals surface area contributed by atoms with E-state index in [0.29, 0.717) is 17.5 Å². The molecule has 2 rings (SSSR count). The Morgan fingerprint density at radius 2 is 2.38 bits per heavy atom. The molecule has 3 N–H and O–H groups in total. The van der Waals surface area contributed by atoms with Crippen molar-refractivity contribution in [2.24, 2.45) is 10.7 Å². The van der Waals surface area contributed by atoms with Gasteiger partial charge in [0.25, 0.3) is 0 Å². The average Bonchev–Trinajstić information content (AvgIpc) is 2.28. The minimum absolute atomic E-state index is 0.186. The minimum Gasteiger partial charge on any atom is -0.480 e. The quantitative estimate of drug-likeness (QED) is 0.702. The standard InChI is InChI=1S/C11H9N3O2/c12-5-6-1-2-7-4-9(11(15)16)14-10(13)8(7)3-6/h1-3,9H,4H2,(H2,13,14)(H,15,16). The van der Waals surface area contributed by atoms with Crippen molar-refractivity contribution in [2.75, 3.05) is 0 Å². The molecule has 16 heavy (non-hydrogen) atoms. The number of hydrogen-bond donors (Lipinski definition) is 2. The molecule has 0 radical (unpaired) electrons. The fourth-order valence-electron chi connectivity index (χ4n) is 1.70. The lowest BCUT2D eigenvalue weighted by Gasteiger charge is -2.18. The molecule has 0 spiro atoms. The highest BCUT2D eigenvalue weighted by atomic mass is 16.4. The van der Waals surface area contributed by atoms with Gasteiger partial charge >= 0.3 is 5.97 Å². The third-order valence-corrected chi connectivity index (χ3v) is 2.51. The van der Waals surface area contributed by atoms with Crippen molar-refractivity contribution in [2.45, 2.75) is 12.5 Å². The maximum absolute atomic E-state index is 10.8. The predicted molar refractivity (Wildman–Crippen MR) is 57.0 cm³/mol. The van der Waals surface area contributed by atoms with Gasteiger partial charge in [-0.1, -0.05) is 6.07 Å². The number of aliphatic carboxylic acids is 1. The second-order valence-corrected chi connectivity index (χ2v) is 3.56. The number of nitriles is 1. The zero-order chi connectivity index (χ0) is 11.7. The Hall–Kier alpha value is -2.35. The van der Waals surface area contributed by atoms with E-state index in [9.17, 15) is 4.79 Å². The van der Waals surface area contributed by atoms with Crippen LogP contribution in [0.4, 0.5) is 0 Å². The summed E-state index contributed by atoms with van der Waals surface area (Å²) >= 11 is 0. The topological polar surface area (TPSA) is 99.5 Å². The van der Waals surface area contributed by atoms with Gasteiger partial charge in [-0.2, -0.15) is 5.26 Å². The van der Waals surface area contributed by atoms with Crippen LogP contribution in [0.25, 0.3) is 0 Å². The molecule has 5 heteroatoms.